The quantitative estimate of drug-likeness (QED) is 0.520. The van der Waals surface area contributed by atoms with Gasteiger partial charge < -0.3 is 4.74 Å². The summed E-state index contributed by atoms with van der Waals surface area (Å²) in [6.07, 6.45) is 1.33. The van der Waals surface area contributed by atoms with Crippen LogP contribution in [0.1, 0.15) is 21.5 Å². The van der Waals surface area contributed by atoms with E-state index in [1.807, 2.05) is 43.3 Å². The van der Waals surface area contributed by atoms with Gasteiger partial charge in [0.2, 0.25) is 0 Å². The molecule has 3 aromatic rings. The van der Waals surface area contributed by atoms with E-state index < -0.39 is 16.0 Å². The Balaban J connectivity index is 2.10. The summed E-state index contributed by atoms with van der Waals surface area (Å²) in [6, 6.07) is 17.4. The van der Waals surface area contributed by atoms with Gasteiger partial charge in [-0.1, -0.05) is 48.5 Å². The Labute approximate surface area is 152 Å². The second kappa shape index (κ2) is 7.09. The van der Waals surface area contributed by atoms with Gasteiger partial charge in [-0.15, -0.1) is 0 Å². The van der Waals surface area contributed by atoms with Gasteiger partial charge in [0.05, 0.1) is 12.7 Å². The van der Waals surface area contributed by atoms with Crippen molar-refractivity contribution in [3.63, 3.8) is 0 Å². The summed E-state index contributed by atoms with van der Waals surface area (Å²) in [5, 5.41) is 1.90. The van der Waals surface area contributed by atoms with E-state index in [0.717, 1.165) is 21.9 Å². The van der Waals surface area contributed by atoms with Gasteiger partial charge in [-0.25, -0.2) is 4.79 Å². The molecule has 0 atom stereocenters. The summed E-state index contributed by atoms with van der Waals surface area (Å²) in [5.74, 6) is -0.722. The molecule has 0 bridgehead atoms. The fraction of sp³-hybridized carbons (Fsp3) is 0.100. The lowest BCUT2D eigenvalue weighted by molar-refractivity contribution is 0.0596. The van der Waals surface area contributed by atoms with Crippen LogP contribution < -0.4 is 0 Å². The van der Waals surface area contributed by atoms with E-state index in [9.17, 15) is 13.2 Å². The Bertz CT molecular complexity index is 1120. The topological polar surface area (TPSA) is 72.8 Å². The van der Waals surface area contributed by atoms with Crippen molar-refractivity contribution in [3.8, 4) is 0 Å². The van der Waals surface area contributed by atoms with Crippen LogP contribution in [0.5, 0.6) is 0 Å². The van der Waals surface area contributed by atoms with Crippen molar-refractivity contribution >= 4 is 33.0 Å². The van der Waals surface area contributed by atoms with Gasteiger partial charge in [0.25, 0.3) is 10.0 Å². The highest BCUT2D eigenvalue weighted by molar-refractivity contribution is 7.90. The molecule has 0 aliphatic heterocycles. The summed E-state index contributed by atoms with van der Waals surface area (Å²) in [5.41, 5.74) is 1.59. The summed E-state index contributed by atoms with van der Waals surface area (Å²) in [4.78, 5) is 11.7. The minimum Gasteiger partial charge on any atom is -0.465 e. The SMILES string of the molecule is COC(=O)c1ccccc1S(=O)(=O)N=Cc1c(C)ccc2ccccc12. The number of hydrogen-bond donors (Lipinski definition) is 0. The van der Waals surface area contributed by atoms with Crippen LogP contribution in [-0.2, 0) is 14.8 Å². The highest BCUT2D eigenvalue weighted by atomic mass is 32.2. The smallest absolute Gasteiger partial charge is 0.339 e. The van der Waals surface area contributed by atoms with E-state index in [1.54, 1.807) is 6.07 Å². The first kappa shape index (κ1) is 17.8. The van der Waals surface area contributed by atoms with E-state index in [2.05, 4.69) is 9.13 Å². The molecule has 26 heavy (non-hydrogen) atoms. The fourth-order valence-corrected chi connectivity index (χ4v) is 3.76. The van der Waals surface area contributed by atoms with Crippen LogP contribution >= 0.6 is 0 Å². The molecular formula is C20H17NO4S. The van der Waals surface area contributed by atoms with E-state index in [4.69, 9.17) is 0 Å². The third kappa shape index (κ3) is 3.36. The molecule has 3 aromatic carbocycles. The van der Waals surface area contributed by atoms with E-state index >= 15 is 0 Å². The molecule has 0 heterocycles. The normalized spacial score (nSPS) is 11.8. The van der Waals surface area contributed by atoms with Crippen LogP contribution in [0.25, 0.3) is 10.8 Å². The van der Waals surface area contributed by atoms with Crippen LogP contribution in [0.3, 0.4) is 0 Å². The van der Waals surface area contributed by atoms with Crippen LogP contribution in [0.2, 0.25) is 0 Å². The maximum atomic E-state index is 12.7. The molecule has 0 amide bonds. The van der Waals surface area contributed by atoms with Crippen molar-refractivity contribution in [2.45, 2.75) is 11.8 Å². The molecule has 3 rings (SSSR count). The Morgan fingerprint density at radius 1 is 1.00 bits per heavy atom. The van der Waals surface area contributed by atoms with Crippen LogP contribution in [0.4, 0.5) is 0 Å². The van der Waals surface area contributed by atoms with Gasteiger partial charge in [-0.2, -0.15) is 12.8 Å². The van der Waals surface area contributed by atoms with Gasteiger partial charge in [-0.05, 0) is 35.4 Å². The van der Waals surface area contributed by atoms with Crippen molar-refractivity contribution in [1.82, 2.24) is 0 Å². The van der Waals surface area contributed by atoms with Gasteiger partial charge in [0.15, 0.2) is 0 Å². The monoisotopic (exact) mass is 367 g/mol. The lowest BCUT2D eigenvalue weighted by atomic mass is 10.0. The van der Waals surface area contributed by atoms with Crippen molar-refractivity contribution in [3.05, 3.63) is 77.4 Å². The molecule has 132 valence electrons. The molecule has 0 unspecified atom stereocenters. The van der Waals surface area contributed by atoms with Crippen molar-refractivity contribution < 1.29 is 17.9 Å². The van der Waals surface area contributed by atoms with Gasteiger partial charge in [-0.3, -0.25) is 0 Å². The molecule has 0 aromatic heterocycles. The number of fused-ring (bicyclic) bond motifs is 1. The second-order valence-corrected chi connectivity index (χ2v) is 7.32. The van der Waals surface area contributed by atoms with E-state index in [-0.39, 0.29) is 10.5 Å². The molecule has 0 saturated heterocycles. The average Bonchev–Trinajstić information content (AvgIpc) is 2.66. The van der Waals surface area contributed by atoms with E-state index in [0.29, 0.717) is 0 Å². The number of aryl methyl sites for hydroxylation is 1. The Morgan fingerprint density at radius 3 is 2.46 bits per heavy atom. The lowest BCUT2D eigenvalue weighted by Gasteiger charge is -2.07. The molecule has 0 aliphatic rings. The third-order valence-electron chi connectivity index (χ3n) is 4.08. The molecule has 0 fully saturated rings. The van der Waals surface area contributed by atoms with Crippen molar-refractivity contribution in [1.29, 1.82) is 0 Å². The fourth-order valence-electron chi connectivity index (χ4n) is 2.73. The predicted octanol–water partition coefficient (Wildman–Crippen LogP) is 3.74. The number of esters is 1. The average molecular weight is 367 g/mol. The molecule has 5 nitrogen and oxygen atoms in total. The van der Waals surface area contributed by atoms with Crippen molar-refractivity contribution in [2.24, 2.45) is 4.40 Å². The van der Waals surface area contributed by atoms with Crippen LogP contribution in [0, 0.1) is 6.92 Å². The minimum absolute atomic E-state index is 0.0400. The summed E-state index contributed by atoms with van der Waals surface area (Å²) in [6.45, 7) is 1.89. The maximum Gasteiger partial charge on any atom is 0.339 e. The maximum absolute atomic E-state index is 12.7. The first-order valence-corrected chi connectivity index (χ1v) is 9.34. The number of carbonyl (C=O) groups is 1. The number of hydrogen-bond acceptors (Lipinski definition) is 4. The Morgan fingerprint density at radius 2 is 1.69 bits per heavy atom. The zero-order valence-corrected chi connectivity index (χ0v) is 15.2. The molecule has 0 spiro atoms. The van der Waals surface area contributed by atoms with Gasteiger partial charge in [0, 0.05) is 11.8 Å². The van der Waals surface area contributed by atoms with Crippen LogP contribution in [-0.4, -0.2) is 27.7 Å². The second-order valence-electron chi connectivity index (χ2n) is 5.71. The van der Waals surface area contributed by atoms with E-state index in [1.165, 1.54) is 31.5 Å². The zero-order chi connectivity index (χ0) is 18.7. The predicted molar refractivity (Wildman–Crippen MR) is 101 cm³/mol. The number of ether oxygens (including phenoxy) is 1. The number of sulfonamides is 1. The highest BCUT2D eigenvalue weighted by Crippen LogP contribution is 2.23. The van der Waals surface area contributed by atoms with Crippen LogP contribution in [0.15, 0.2) is 70.0 Å². The molecule has 0 saturated carbocycles. The lowest BCUT2D eigenvalue weighted by Crippen LogP contribution is -2.09. The van der Waals surface area contributed by atoms with Gasteiger partial charge >= 0.3 is 5.97 Å². The third-order valence-corrected chi connectivity index (χ3v) is 5.37. The molecular weight excluding hydrogens is 350 g/mol. The molecule has 0 radical (unpaired) electrons. The molecule has 0 aliphatic carbocycles. The Kier molecular flexibility index (Phi) is 4.86. The summed E-state index contributed by atoms with van der Waals surface area (Å²) < 4.78 is 33.9. The van der Waals surface area contributed by atoms with Crippen molar-refractivity contribution in [2.75, 3.05) is 7.11 Å². The summed E-state index contributed by atoms with van der Waals surface area (Å²) in [7, 11) is -2.86. The number of rotatable bonds is 4. The number of methoxy groups -OCH3 is 1. The minimum atomic E-state index is -4.06. The largest absolute Gasteiger partial charge is 0.465 e. The first-order chi connectivity index (χ1) is 12.4. The highest BCUT2D eigenvalue weighted by Gasteiger charge is 2.21. The number of carbonyl (C=O) groups excluding carboxylic acids is 1. The standard InChI is InChI=1S/C20H17NO4S/c1-14-11-12-15-7-3-4-8-16(15)18(14)13-21-26(23,24)19-10-6-5-9-17(19)20(22)25-2/h3-13H,1-2H3. The number of benzene rings is 3. The Hall–Kier alpha value is -2.99. The zero-order valence-electron chi connectivity index (χ0n) is 14.3. The van der Waals surface area contributed by atoms with Gasteiger partial charge in [0.1, 0.15) is 4.90 Å². The molecule has 0 N–H and O–H groups in total. The number of nitrogens with zero attached hydrogens (tertiary/aromatic N) is 1. The first-order valence-electron chi connectivity index (χ1n) is 7.90. The summed E-state index contributed by atoms with van der Waals surface area (Å²) >= 11 is 0. The molecule has 6 heteroatoms.